The quantitative estimate of drug-likeness (QED) is 0.723. The smallest absolute Gasteiger partial charge is 0.414 e. The molecule has 0 atom stereocenters. The molecule has 1 aromatic heterocycles. The lowest BCUT2D eigenvalue weighted by molar-refractivity contribution is -0.159. The van der Waals surface area contributed by atoms with E-state index < -0.39 is 11.9 Å². The zero-order valence-electron chi connectivity index (χ0n) is 17.4. The number of carboxylic acid groups (broad SMARTS) is 2. The average Bonchev–Trinajstić information content (AvgIpc) is 3.35. The molecule has 0 spiro atoms. The van der Waals surface area contributed by atoms with Gasteiger partial charge in [-0.25, -0.2) is 9.59 Å². The summed E-state index contributed by atoms with van der Waals surface area (Å²) in [7, 11) is 0. The van der Waals surface area contributed by atoms with Crippen molar-refractivity contribution in [3.63, 3.8) is 0 Å². The first-order valence-electron chi connectivity index (χ1n) is 10.5. The van der Waals surface area contributed by atoms with Crippen molar-refractivity contribution in [2.45, 2.75) is 37.6 Å². The van der Waals surface area contributed by atoms with Crippen molar-refractivity contribution in [2.24, 2.45) is 0 Å². The van der Waals surface area contributed by atoms with Gasteiger partial charge in [-0.15, -0.1) is 0 Å². The van der Waals surface area contributed by atoms with Crippen LogP contribution in [0.2, 0.25) is 0 Å². The molecule has 2 aromatic rings. The van der Waals surface area contributed by atoms with Crippen LogP contribution in [0.4, 0.5) is 0 Å². The summed E-state index contributed by atoms with van der Waals surface area (Å²) in [5.41, 5.74) is 1.50. The Labute approximate surface area is 181 Å². The summed E-state index contributed by atoms with van der Waals surface area (Å²) in [4.78, 5) is 35.1. The van der Waals surface area contributed by atoms with Crippen molar-refractivity contribution < 1.29 is 29.0 Å². The highest BCUT2D eigenvalue weighted by molar-refractivity contribution is 6.27. The SMILES string of the molecule is O=C(O)C(=O)O.O=C(c1ccco1)N1CCN(C2CCC(c3ccccc3)CC2)CC1. The molecule has 4 rings (SSSR count). The number of furan rings is 1. The molecule has 0 bridgehead atoms. The molecule has 1 aliphatic carbocycles. The monoisotopic (exact) mass is 428 g/mol. The zero-order chi connectivity index (χ0) is 22.2. The van der Waals surface area contributed by atoms with Gasteiger partial charge in [0.1, 0.15) is 0 Å². The molecule has 2 N–H and O–H groups in total. The summed E-state index contributed by atoms with van der Waals surface area (Å²) in [6.07, 6.45) is 6.66. The fourth-order valence-corrected chi connectivity index (χ4v) is 4.35. The molecule has 2 heterocycles. The molecule has 8 nitrogen and oxygen atoms in total. The average molecular weight is 428 g/mol. The second kappa shape index (κ2) is 10.8. The highest BCUT2D eigenvalue weighted by Crippen LogP contribution is 2.34. The number of hydrogen-bond acceptors (Lipinski definition) is 5. The minimum atomic E-state index is -1.82. The third kappa shape index (κ3) is 6.18. The molecule has 1 saturated heterocycles. The number of hydrogen-bond donors (Lipinski definition) is 2. The minimum absolute atomic E-state index is 0.0254. The second-order valence-electron chi connectivity index (χ2n) is 7.83. The molecule has 0 radical (unpaired) electrons. The lowest BCUT2D eigenvalue weighted by Gasteiger charge is -2.41. The Morgan fingerprint density at radius 1 is 0.806 bits per heavy atom. The van der Waals surface area contributed by atoms with Crippen LogP contribution in [0.3, 0.4) is 0 Å². The maximum atomic E-state index is 12.4. The highest BCUT2D eigenvalue weighted by Gasteiger charge is 2.30. The third-order valence-electron chi connectivity index (χ3n) is 6.00. The van der Waals surface area contributed by atoms with Gasteiger partial charge in [0.05, 0.1) is 6.26 Å². The first kappa shape index (κ1) is 22.6. The maximum absolute atomic E-state index is 12.4. The molecule has 1 aliphatic heterocycles. The first-order chi connectivity index (χ1) is 15.0. The Balaban J connectivity index is 0.000000401. The molecule has 2 aliphatic rings. The number of nitrogens with zero attached hydrogens (tertiary/aromatic N) is 2. The van der Waals surface area contributed by atoms with Crippen molar-refractivity contribution in [1.29, 1.82) is 0 Å². The number of carbonyl (C=O) groups is 3. The van der Waals surface area contributed by atoms with Crippen LogP contribution in [0.25, 0.3) is 0 Å². The Bertz CT molecular complexity index is 839. The van der Waals surface area contributed by atoms with E-state index in [0.29, 0.717) is 11.8 Å². The molecule has 0 unspecified atom stereocenters. The van der Waals surface area contributed by atoms with Gasteiger partial charge in [0.15, 0.2) is 5.76 Å². The summed E-state index contributed by atoms with van der Waals surface area (Å²) < 4.78 is 5.24. The molecule has 1 amide bonds. The van der Waals surface area contributed by atoms with E-state index in [1.165, 1.54) is 31.2 Å². The Morgan fingerprint density at radius 3 is 1.94 bits per heavy atom. The lowest BCUT2D eigenvalue weighted by Crippen LogP contribution is -2.52. The summed E-state index contributed by atoms with van der Waals surface area (Å²) in [5.74, 6) is -2.45. The van der Waals surface area contributed by atoms with Crippen LogP contribution >= 0.6 is 0 Å². The van der Waals surface area contributed by atoms with Gasteiger partial charge in [-0.2, -0.15) is 0 Å². The first-order valence-corrected chi connectivity index (χ1v) is 10.5. The topological polar surface area (TPSA) is 111 Å². The molecular formula is C23H28N2O6. The predicted octanol–water partition coefficient (Wildman–Crippen LogP) is 2.92. The van der Waals surface area contributed by atoms with E-state index in [2.05, 4.69) is 35.2 Å². The molecule has 2 fully saturated rings. The molecular weight excluding hydrogens is 400 g/mol. The van der Waals surface area contributed by atoms with E-state index in [1.807, 2.05) is 4.90 Å². The van der Waals surface area contributed by atoms with E-state index in [9.17, 15) is 4.79 Å². The van der Waals surface area contributed by atoms with Gasteiger partial charge in [-0.05, 0) is 49.3 Å². The number of aliphatic carboxylic acids is 2. The van der Waals surface area contributed by atoms with Crippen LogP contribution in [0.1, 0.15) is 47.7 Å². The molecule has 1 saturated carbocycles. The number of carbonyl (C=O) groups excluding carboxylic acids is 1. The molecule has 8 heteroatoms. The van der Waals surface area contributed by atoms with Crippen molar-refractivity contribution in [1.82, 2.24) is 9.80 Å². The number of carboxylic acids is 2. The van der Waals surface area contributed by atoms with E-state index in [4.69, 9.17) is 24.2 Å². The Morgan fingerprint density at radius 2 is 1.42 bits per heavy atom. The normalized spacial score (nSPS) is 21.6. The van der Waals surface area contributed by atoms with Gasteiger partial charge in [0.25, 0.3) is 5.91 Å². The van der Waals surface area contributed by atoms with E-state index in [-0.39, 0.29) is 5.91 Å². The summed E-state index contributed by atoms with van der Waals surface area (Å²) >= 11 is 0. The zero-order valence-corrected chi connectivity index (χ0v) is 17.4. The van der Waals surface area contributed by atoms with Gasteiger partial charge >= 0.3 is 11.9 Å². The minimum Gasteiger partial charge on any atom is -0.473 e. The van der Waals surface area contributed by atoms with Gasteiger partial charge in [-0.3, -0.25) is 9.69 Å². The number of piperazine rings is 1. The van der Waals surface area contributed by atoms with Gasteiger partial charge in [0, 0.05) is 32.2 Å². The number of rotatable bonds is 3. The lowest BCUT2D eigenvalue weighted by atomic mass is 9.81. The maximum Gasteiger partial charge on any atom is 0.414 e. The summed E-state index contributed by atoms with van der Waals surface area (Å²) in [5, 5.41) is 14.8. The molecule has 166 valence electrons. The largest absolute Gasteiger partial charge is 0.473 e. The fraction of sp³-hybridized carbons (Fsp3) is 0.435. The van der Waals surface area contributed by atoms with E-state index >= 15 is 0 Å². The molecule has 31 heavy (non-hydrogen) atoms. The summed E-state index contributed by atoms with van der Waals surface area (Å²) in [6, 6.07) is 15.1. The van der Waals surface area contributed by atoms with Crippen LogP contribution in [-0.4, -0.2) is 70.1 Å². The standard InChI is InChI=1S/C21H26N2O2.C2H2O4/c24-21(20-7-4-16-25-20)23-14-12-22(13-15-23)19-10-8-18(9-11-19)17-5-2-1-3-6-17;3-1(4)2(5)6/h1-7,16,18-19H,8-15H2;(H,3,4)(H,5,6). The Hall–Kier alpha value is -3.13. The highest BCUT2D eigenvalue weighted by atomic mass is 16.4. The van der Waals surface area contributed by atoms with Crippen molar-refractivity contribution in [3.05, 3.63) is 60.1 Å². The van der Waals surface area contributed by atoms with Gasteiger partial charge in [0.2, 0.25) is 0 Å². The third-order valence-corrected chi connectivity index (χ3v) is 6.00. The Kier molecular flexibility index (Phi) is 7.83. The van der Waals surface area contributed by atoms with Crippen LogP contribution < -0.4 is 0 Å². The second-order valence-corrected chi connectivity index (χ2v) is 7.83. The van der Waals surface area contributed by atoms with Crippen molar-refractivity contribution in [3.8, 4) is 0 Å². The van der Waals surface area contributed by atoms with Crippen LogP contribution in [-0.2, 0) is 9.59 Å². The van der Waals surface area contributed by atoms with Crippen molar-refractivity contribution in [2.75, 3.05) is 26.2 Å². The van der Waals surface area contributed by atoms with Crippen LogP contribution in [0, 0.1) is 0 Å². The van der Waals surface area contributed by atoms with E-state index in [0.717, 1.165) is 32.1 Å². The number of amides is 1. The fourth-order valence-electron chi connectivity index (χ4n) is 4.35. The number of benzene rings is 1. The summed E-state index contributed by atoms with van der Waals surface area (Å²) in [6.45, 7) is 3.57. The predicted molar refractivity (Wildman–Crippen MR) is 113 cm³/mol. The van der Waals surface area contributed by atoms with Crippen molar-refractivity contribution >= 4 is 17.8 Å². The van der Waals surface area contributed by atoms with Crippen LogP contribution in [0.5, 0.6) is 0 Å². The van der Waals surface area contributed by atoms with Crippen LogP contribution in [0.15, 0.2) is 53.1 Å². The van der Waals surface area contributed by atoms with Gasteiger partial charge in [-0.1, -0.05) is 30.3 Å². The molecule has 1 aromatic carbocycles. The van der Waals surface area contributed by atoms with Gasteiger partial charge < -0.3 is 19.5 Å². The van der Waals surface area contributed by atoms with E-state index in [1.54, 1.807) is 18.4 Å².